The Morgan fingerprint density at radius 2 is 1.68 bits per heavy atom. The summed E-state index contributed by atoms with van der Waals surface area (Å²) in [6.07, 6.45) is 0. The van der Waals surface area contributed by atoms with Crippen molar-refractivity contribution in [2.45, 2.75) is 13.5 Å². The van der Waals surface area contributed by atoms with Crippen LogP contribution in [0.25, 0.3) is 11.2 Å². The number of nitrogens with one attached hydrogen (secondary N) is 1. The maximum atomic E-state index is 13.3. The van der Waals surface area contributed by atoms with E-state index in [9.17, 15) is 19.2 Å². The molecule has 214 valence electrons. The lowest BCUT2D eigenvalue weighted by Crippen LogP contribution is -2.49. The van der Waals surface area contributed by atoms with Crippen molar-refractivity contribution in [3.8, 4) is 0 Å². The van der Waals surface area contributed by atoms with Gasteiger partial charge in [-0.1, -0.05) is 29.8 Å². The summed E-state index contributed by atoms with van der Waals surface area (Å²) < 4.78 is 9.12. The number of fused-ring (bicyclic) bond motifs is 1. The minimum absolute atomic E-state index is 0.158. The fourth-order valence-corrected chi connectivity index (χ4v) is 5.14. The Morgan fingerprint density at radius 3 is 2.34 bits per heavy atom. The van der Waals surface area contributed by atoms with E-state index in [2.05, 4.69) is 21.2 Å². The van der Waals surface area contributed by atoms with Gasteiger partial charge in [0.1, 0.15) is 0 Å². The molecule has 1 aliphatic rings. The molecule has 0 spiro atoms. The van der Waals surface area contributed by atoms with Crippen molar-refractivity contribution in [1.29, 1.82) is 0 Å². The van der Waals surface area contributed by atoms with E-state index in [0.29, 0.717) is 61.1 Å². The third-order valence-electron chi connectivity index (χ3n) is 7.36. The van der Waals surface area contributed by atoms with Gasteiger partial charge in [0.25, 0.3) is 5.56 Å². The number of methoxy groups -OCH3 is 1. The Kier molecular flexibility index (Phi) is 7.75. The molecule has 12 nitrogen and oxygen atoms in total. The first-order valence-corrected chi connectivity index (χ1v) is 13.3. The molecule has 2 aromatic carbocycles. The molecule has 0 saturated carbocycles. The van der Waals surface area contributed by atoms with Gasteiger partial charge in [-0.25, -0.2) is 9.59 Å². The second kappa shape index (κ2) is 11.4. The van der Waals surface area contributed by atoms with Gasteiger partial charge in [0.15, 0.2) is 11.2 Å². The number of amides is 1. The highest BCUT2D eigenvalue weighted by atomic mass is 16.5. The number of esters is 1. The fourth-order valence-electron chi connectivity index (χ4n) is 5.14. The summed E-state index contributed by atoms with van der Waals surface area (Å²) in [5.74, 6) is 0.0276. The number of carbonyl (C=O) groups is 2. The Hall–Kier alpha value is -4.71. The first-order valence-electron chi connectivity index (χ1n) is 13.3. The van der Waals surface area contributed by atoms with Gasteiger partial charge in [-0.05, 0) is 36.8 Å². The molecule has 1 aliphatic heterocycles. The smallest absolute Gasteiger partial charge is 0.337 e. The average Bonchev–Trinajstić information content (AvgIpc) is 3.34. The lowest BCUT2D eigenvalue weighted by Gasteiger charge is -2.35. The number of imidazole rings is 1. The zero-order chi connectivity index (χ0) is 29.3. The number of hydrogen-bond acceptors (Lipinski definition) is 8. The first-order chi connectivity index (χ1) is 19.7. The van der Waals surface area contributed by atoms with Crippen LogP contribution in [0.2, 0.25) is 0 Å². The molecule has 3 heterocycles. The van der Waals surface area contributed by atoms with E-state index in [4.69, 9.17) is 9.72 Å². The highest BCUT2D eigenvalue weighted by molar-refractivity contribution is 5.94. The van der Waals surface area contributed by atoms with Crippen LogP contribution < -0.4 is 21.5 Å². The van der Waals surface area contributed by atoms with Crippen LogP contribution in [0.4, 0.5) is 11.6 Å². The van der Waals surface area contributed by atoms with Crippen molar-refractivity contribution >= 4 is 34.7 Å². The lowest BCUT2D eigenvalue weighted by molar-refractivity contribution is -0.117. The maximum Gasteiger partial charge on any atom is 0.337 e. The van der Waals surface area contributed by atoms with Crippen LogP contribution in [0, 0.1) is 6.92 Å². The summed E-state index contributed by atoms with van der Waals surface area (Å²) in [7, 11) is 4.42. The predicted octanol–water partition coefficient (Wildman–Crippen LogP) is 1.34. The summed E-state index contributed by atoms with van der Waals surface area (Å²) >= 11 is 0. The Labute approximate surface area is 236 Å². The van der Waals surface area contributed by atoms with E-state index in [1.165, 1.54) is 18.7 Å². The summed E-state index contributed by atoms with van der Waals surface area (Å²) in [4.78, 5) is 59.2. The minimum atomic E-state index is -0.434. The molecule has 1 saturated heterocycles. The summed E-state index contributed by atoms with van der Waals surface area (Å²) in [5.41, 5.74) is 3.06. The maximum absolute atomic E-state index is 13.3. The van der Waals surface area contributed by atoms with Crippen LogP contribution in [0.1, 0.15) is 21.5 Å². The number of aromatic nitrogens is 4. The van der Waals surface area contributed by atoms with Gasteiger partial charge in [-0.3, -0.25) is 28.2 Å². The molecule has 12 heteroatoms. The van der Waals surface area contributed by atoms with Crippen LogP contribution in [0.5, 0.6) is 0 Å². The summed E-state index contributed by atoms with van der Waals surface area (Å²) in [5, 5.41) is 2.87. The van der Waals surface area contributed by atoms with Gasteiger partial charge >= 0.3 is 11.7 Å². The molecule has 0 bridgehead atoms. The van der Waals surface area contributed by atoms with Crippen LogP contribution in [-0.2, 0) is 30.2 Å². The van der Waals surface area contributed by atoms with Gasteiger partial charge in [-0.2, -0.15) is 4.98 Å². The lowest BCUT2D eigenvalue weighted by atomic mass is 10.1. The fraction of sp³-hybridized carbons (Fsp3) is 0.345. The number of rotatable bonds is 7. The molecule has 41 heavy (non-hydrogen) atoms. The number of aryl methyl sites for hydroxylation is 2. The van der Waals surface area contributed by atoms with Gasteiger partial charge in [0, 0.05) is 46.0 Å². The molecular weight excluding hydrogens is 526 g/mol. The van der Waals surface area contributed by atoms with Crippen molar-refractivity contribution in [1.82, 2.24) is 23.6 Å². The van der Waals surface area contributed by atoms with Crippen molar-refractivity contribution < 1.29 is 14.3 Å². The number of ether oxygens (including phenoxy) is 1. The number of carbonyl (C=O) groups excluding carboxylic acids is 2. The van der Waals surface area contributed by atoms with Crippen LogP contribution >= 0.6 is 0 Å². The highest BCUT2D eigenvalue weighted by Gasteiger charge is 2.26. The van der Waals surface area contributed by atoms with E-state index in [1.54, 1.807) is 31.3 Å². The van der Waals surface area contributed by atoms with Gasteiger partial charge in [-0.15, -0.1) is 0 Å². The molecule has 4 aromatic rings. The van der Waals surface area contributed by atoms with E-state index >= 15 is 0 Å². The average molecular weight is 560 g/mol. The molecule has 0 unspecified atom stereocenters. The molecule has 0 aliphatic carbocycles. The Bertz CT molecular complexity index is 1730. The summed E-state index contributed by atoms with van der Waals surface area (Å²) in [6, 6.07) is 14.6. The molecule has 1 amide bonds. The number of anilines is 2. The first kappa shape index (κ1) is 27.8. The molecule has 0 radical (unpaired) electrons. The Morgan fingerprint density at radius 1 is 0.976 bits per heavy atom. The quantitative estimate of drug-likeness (QED) is 0.337. The topological polar surface area (TPSA) is 124 Å². The molecule has 1 N–H and O–H groups in total. The van der Waals surface area contributed by atoms with Crippen LogP contribution in [0.15, 0.2) is 58.1 Å². The zero-order valence-corrected chi connectivity index (χ0v) is 23.6. The third-order valence-corrected chi connectivity index (χ3v) is 7.36. The minimum Gasteiger partial charge on any atom is -0.465 e. The van der Waals surface area contributed by atoms with Crippen molar-refractivity contribution in [3.05, 3.63) is 86.1 Å². The SMILES string of the molecule is COC(=O)c1ccc(NC(=O)CN2CCN(c3nc4c(c(=O)n(C)c(=O)n4C)n3Cc3cccc(C)c3)CC2)cc1. The molecule has 5 rings (SSSR count). The monoisotopic (exact) mass is 559 g/mol. The van der Waals surface area contributed by atoms with Crippen molar-refractivity contribution in [3.63, 3.8) is 0 Å². The number of hydrogen-bond donors (Lipinski definition) is 1. The van der Waals surface area contributed by atoms with E-state index in [0.717, 1.165) is 15.7 Å². The summed E-state index contributed by atoms with van der Waals surface area (Å²) in [6.45, 7) is 5.06. The number of benzene rings is 2. The van der Waals surface area contributed by atoms with Gasteiger partial charge in [0.05, 0.1) is 25.8 Å². The normalized spacial score (nSPS) is 13.9. The van der Waals surface area contributed by atoms with Crippen molar-refractivity contribution in [2.75, 3.05) is 50.1 Å². The number of piperazine rings is 1. The third kappa shape index (κ3) is 5.64. The van der Waals surface area contributed by atoms with E-state index in [-0.39, 0.29) is 18.0 Å². The van der Waals surface area contributed by atoms with Gasteiger partial charge in [0.2, 0.25) is 11.9 Å². The molecular formula is C29H33N7O5. The highest BCUT2D eigenvalue weighted by Crippen LogP contribution is 2.23. The number of nitrogens with zero attached hydrogens (tertiary/aromatic N) is 6. The van der Waals surface area contributed by atoms with Crippen molar-refractivity contribution in [2.24, 2.45) is 14.1 Å². The predicted molar refractivity (Wildman–Crippen MR) is 156 cm³/mol. The molecule has 0 atom stereocenters. The van der Waals surface area contributed by atoms with Crippen LogP contribution in [0.3, 0.4) is 0 Å². The standard InChI is InChI=1S/C29H33N7O5/c1-19-6-5-7-20(16-19)17-36-24-25(32(2)29(40)33(3)26(24)38)31-28(36)35-14-12-34(13-15-35)18-23(37)30-22-10-8-21(9-11-22)27(39)41-4/h5-11,16H,12-15,17-18H2,1-4H3,(H,30,37). The second-order valence-electron chi connectivity index (χ2n) is 10.2. The second-order valence-corrected chi connectivity index (χ2v) is 10.2. The molecule has 2 aromatic heterocycles. The van der Waals surface area contributed by atoms with Crippen LogP contribution in [-0.4, -0.2) is 75.3 Å². The van der Waals surface area contributed by atoms with E-state index in [1.807, 2.05) is 29.7 Å². The van der Waals surface area contributed by atoms with E-state index < -0.39 is 11.7 Å². The largest absolute Gasteiger partial charge is 0.465 e. The Balaban J connectivity index is 1.33. The molecule has 1 fully saturated rings. The zero-order valence-electron chi connectivity index (χ0n) is 23.6. The van der Waals surface area contributed by atoms with Gasteiger partial charge < -0.3 is 15.0 Å².